The average Bonchev–Trinajstić information content (AvgIpc) is 3.08. The van der Waals surface area contributed by atoms with Gasteiger partial charge >= 0.3 is 0 Å². The Morgan fingerprint density at radius 3 is 2.81 bits per heavy atom. The highest BCUT2D eigenvalue weighted by Crippen LogP contribution is 2.28. The van der Waals surface area contributed by atoms with Gasteiger partial charge in [-0.1, -0.05) is 43.3 Å². The molecular formula is C14H19NO. The van der Waals surface area contributed by atoms with E-state index in [-0.39, 0.29) is 0 Å². The highest BCUT2D eigenvalue weighted by molar-refractivity contribution is 5.81. The largest absolute Gasteiger partial charge is 0.396 e. The zero-order chi connectivity index (χ0) is 11.4. The molecule has 0 atom stereocenters. The van der Waals surface area contributed by atoms with Crippen LogP contribution in [0.25, 0.3) is 0 Å². The molecule has 0 aliphatic heterocycles. The lowest BCUT2D eigenvalue weighted by atomic mass is 9.98. The van der Waals surface area contributed by atoms with Gasteiger partial charge in [-0.05, 0) is 35.8 Å². The summed E-state index contributed by atoms with van der Waals surface area (Å²) >= 11 is 0. The number of nitrogens with zero attached hydrogens (tertiary/aromatic N) is 1. The van der Waals surface area contributed by atoms with Crippen molar-refractivity contribution >= 4 is 6.21 Å². The molecular weight excluding hydrogens is 198 g/mol. The predicted octanol–water partition coefficient (Wildman–Crippen LogP) is 3.57. The van der Waals surface area contributed by atoms with Crippen molar-refractivity contribution < 1.29 is 4.84 Å². The van der Waals surface area contributed by atoms with Crippen molar-refractivity contribution in [1.82, 2.24) is 0 Å². The first-order chi connectivity index (χ1) is 7.77. The highest BCUT2D eigenvalue weighted by atomic mass is 16.6. The van der Waals surface area contributed by atoms with Crippen molar-refractivity contribution in [3.63, 3.8) is 0 Å². The van der Waals surface area contributed by atoms with E-state index < -0.39 is 0 Å². The quantitative estimate of drug-likeness (QED) is 0.545. The highest BCUT2D eigenvalue weighted by Gasteiger charge is 2.21. The third kappa shape index (κ3) is 3.09. The predicted molar refractivity (Wildman–Crippen MR) is 66.8 cm³/mol. The van der Waals surface area contributed by atoms with Crippen molar-refractivity contribution in [3.05, 3.63) is 35.4 Å². The Morgan fingerprint density at radius 2 is 2.12 bits per heavy atom. The molecule has 0 aromatic heterocycles. The van der Waals surface area contributed by atoms with Gasteiger partial charge in [0.1, 0.15) is 6.61 Å². The molecule has 86 valence electrons. The molecule has 1 aliphatic carbocycles. The minimum absolute atomic E-state index is 0.520. The first-order valence-corrected chi connectivity index (χ1v) is 6.01. The third-order valence-corrected chi connectivity index (χ3v) is 2.89. The second-order valence-corrected chi connectivity index (χ2v) is 4.76. The van der Waals surface area contributed by atoms with Crippen LogP contribution in [0, 0.1) is 5.92 Å². The topological polar surface area (TPSA) is 21.6 Å². The van der Waals surface area contributed by atoms with Crippen LogP contribution in [0.4, 0.5) is 0 Å². The normalized spacial score (nSPS) is 15.9. The monoisotopic (exact) mass is 217 g/mol. The minimum atomic E-state index is 0.520. The molecule has 1 fully saturated rings. The number of benzene rings is 1. The Balaban J connectivity index is 1.95. The van der Waals surface area contributed by atoms with Crippen LogP contribution in [0.5, 0.6) is 0 Å². The SMILES string of the molecule is CC(C)c1ccccc1/C=N/OCC1CC1. The van der Waals surface area contributed by atoms with Crippen LogP contribution in [-0.4, -0.2) is 12.8 Å². The summed E-state index contributed by atoms with van der Waals surface area (Å²) in [6.45, 7) is 5.16. The molecule has 1 aliphatic rings. The molecule has 0 N–H and O–H groups in total. The molecule has 2 nitrogen and oxygen atoms in total. The minimum Gasteiger partial charge on any atom is -0.396 e. The van der Waals surface area contributed by atoms with E-state index in [1.54, 1.807) is 0 Å². The number of oxime groups is 1. The number of hydrogen-bond acceptors (Lipinski definition) is 2. The van der Waals surface area contributed by atoms with E-state index in [1.165, 1.54) is 18.4 Å². The van der Waals surface area contributed by atoms with Crippen molar-refractivity contribution in [2.24, 2.45) is 11.1 Å². The second kappa shape index (κ2) is 5.15. The molecule has 2 rings (SSSR count). The number of rotatable bonds is 5. The van der Waals surface area contributed by atoms with Gasteiger partial charge in [0, 0.05) is 0 Å². The van der Waals surface area contributed by atoms with Gasteiger partial charge in [0.15, 0.2) is 0 Å². The Morgan fingerprint density at radius 1 is 1.38 bits per heavy atom. The Kier molecular flexibility index (Phi) is 3.60. The smallest absolute Gasteiger partial charge is 0.120 e. The zero-order valence-electron chi connectivity index (χ0n) is 10.0. The molecule has 0 bridgehead atoms. The summed E-state index contributed by atoms with van der Waals surface area (Å²) in [5.41, 5.74) is 2.48. The fraction of sp³-hybridized carbons (Fsp3) is 0.500. The van der Waals surface area contributed by atoms with Crippen LogP contribution < -0.4 is 0 Å². The summed E-state index contributed by atoms with van der Waals surface area (Å²) in [5.74, 6) is 1.28. The fourth-order valence-corrected chi connectivity index (χ4v) is 1.68. The van der Waals surface area contributed by atoms with E-state index in [9.17, 15) is 0 Å². The first kappa shape index (κ1) is 11.2. The molecule has 1 aromatic rings. The summed E-state index contributed by atoms with van der Waals surface area (Å²) in [4.78, 5) is 5.27. The summed E-state index contributed by atoms with van der Waals surface area (Å²) in [5, 5.41) is 4.04. The maximum absolute atomic E-state index is 5.27. The Labute approximate surface area is 97.3 Å². The molecule has 0 spiro atoms. The molecule has 1 saturated carbocycles. The van der Waals surface area contributed by atoms with Gasteiger partial charge in [0.25, 0.3) is 0 Å². The van der Waals surface area contributed by atoms with E-state index in [1.807, 2.05) is 12.3 Å². The van der Waals surface area contributed by atoms with E-state index in [0.717, 1.165) is 18.1 Å². The number of hydrogen-bond donors (Lipinski definition) is 0. The second-order valence-electron chi connectivity index (χ2n) is 4.76. The Hall–Kier alpha value is -1.31. The zero-order valence-corrected chi connectivity index (χ0v) is 10.0. The lowest BCUT2D eigenvalue weighted by molar-refractivity contribution is 0.135. The van der Waals surface area contributed by atoms with Gasteiger partial charge in [-0.2, -0.15) is 0 Å². The van der Waals surface area contributed by atoms with Crippen LogP contribution in [0.1, 0.15) is 43.7 Å². The van der Waals surface area contributed by atoms with Gasteiger partial charge < -0.3 is 4.84 Å². The summed E-state index contributed by atoms with van der Waals surface area (Å²) in [6, 6.07) is 8.33. The van der Waals surface area contributed by atoms with Gasteiger partial charge in [-0.25, -0.2) is 0 Å². The van der Waals surface area contributed by atoms with Crippen molar-refractivity contribution in [2.75, 3.05) is 6.61 Å². The van der Waals surface area contributed by atoms with Gasteiger partial charge in [0.05, 0.1) is 6.21 Å². The molecule has 0 unspecified atom stereocenters. The summed E-state index contributed by atoms with van der Waals surface area (Å²) < 4.78 is 0. The van der Waals surface area contributed by atoms with Gasteiger partial charge in [-0.3, -0.25) is 0 Å². The van der Waals surface area contributed by atoms with Crippen LogP contribution >= 0.6 is 0 Å². The van der Waals surface area contributed by atoms with Crippen molar-refractivity contribution in [3.8, 4) is 0 Å². The van der Waals surface area contributed by atoms with Crippen molar-refractivity contribution in [1.29, 1.82) is 0 Å². The van der Waals surface area contributed by atoms with Crippen LogP contribution in [0.3, 0.4) is 0 Å². The van der Waals surface area contributed by atoms with Gasteiger partial charge in [0.2, 0.25) is 0 Å². The lowest BCUT2D eigenvalue weighted by Gasteiger charge is -2.08. The fourth-order valence-electron chi connectivity index (χ4n) is 1.68. The molecule has 16 heavy (non-hydrogen) atoms. The maximum Gasteiger partial charge on any atom is 0.120 e. The third-order valence-electron chi connectivity index (χ3n) is 2.89. The molecule has 0 heterocycles. The summed E-state index contributed by atoms with van der Waals surface area (Å²) in [7, 11) is 0. The first-order valence-electron chi connectivity index (χ1n) is 6.01. The van der Waals surface area contributed by atoms with Crippen LogP contribution in [0.15, 0.2) is 29.4 Å². The molecule has 2 heteroatoms. The molecule has 0 radical (unpaired) electrons. The lowest BCUT2D eigenvalue weighted by Crippen LogP contribution is -1.96. The summed E-state index contributed by atoms with van der Waals surface area (Å²) in [6.07, 6.45) is 4.44. The molecule has 0 saturated heterocycles. The van der Waals surface area contributed by atoms with Crippen molar-refractivity contribution in [2.45, 2.75) is 32.6 Å². The molecule has 1 aromatic carbocycles. The maximum atomic E-state index is 5.27. The van der Waals surface area contributed by atoms with E-state index >= 15 is 0 Å². The average molecular weight is 217 g/mol. The van der Waals surface area contributed by atoms with E-state index in [2.05, 4.69) is 37.2 Å². The standard InChI is InChI=1S/C14H19NO/c1-11(2)14-6-4-3-5-13(14)9-15-16-10-12-7-8-12/h3-6,9,11-12H,7-8,10H2,1-2H3/b15-9+. The Bertz CT molecular complexity index is 367. The van der Waals surface area contributed by atoms with E-state index in [0.29, 0.717) is 5.92 Å². The van der Waals surface area contributed by atoms with E-state index in [4.69, 9.17) is 4.84 Å². The van der Waals surface area contributed by atoms with Gasteiger partial charge in [-0.15, -0.1) is 0 Å². The van der Waals surface area contributed by atoms with Crippen LogP contribution in [-0.2, 0) is 4.84 Å². The van der Waals surface area contributed by atoms with Crippen LogP contribution in [0.2, 0.25) is 0 Å². The molecule has 0 amide bonds.